The number of carbonyl (C=O) groups is 1. The van der Waals surface area contributed by atoms with Crippen LogP contribution in [0.3, 0.4) is 0 Å². The summed E-state index contributed by atoms with van der Waals surface area (Å²) in [5.74, 6) is 0.547. The van der Waals surface area contributed by atoms with Crippen LogP contribution in [-0.2, 0) is 16.1 Å². The quantitative estimate of drug-likeness (QED) is 0.396. The van der Waals surface area contributed by atoms with Gasteiger partial charge in [0.2, 0.25) is 0 Å². The molecule has 7 heteroatoms. The van der Waals surface area contributed by atoms with Crippen LogP contribution in [0.1, 0.15) is 29.9 Å². The molecule has 2 aromatic carbocycles. The van der Waals surface area contributed by atoms with E-state index in [0.717, 1.165) is 29.7 Å². The van der Waals surface area contributed by atoms with Gasteiger partial charge >= 0.3 is 0 Å². The van der Waals surface area contributed by atoms with Crippen LogP contribution in [0.25, 0.3) is 0 Å². The highest BCUT2D eigenvalue weighted by Gasteiger charge is 2.23. The van der Waals surface area contributed by atoms with E-state index in [1.807, 2.05) is 54.6 Å². The van der Waals surface area contributed by atoms with Crippen LogP contribution in [0.5, 0.6) is 0 Å². The zero-order chi connectivity index (χ0) is 21.2. The lowest BCUT2D eigenvalue weighted by Gasteiger charge is -2.18. The lowest BCUT2D eigenvalue weighted by atomic mass is 10.0. The number of carbonyl (C=O) groups excluding carboxylic acids is 1. The number of aliphatic hydroxyl groups excluding tert-OH is 1. The van der Waals surface area contributed by atoms with Crippen molar-refractivity contribution >= 4 is 17.6 Å². The number of ether oxygens (including phenoxy) is 1. The number of anilines is 1. The molecule has 0 radical (unpaired) electrons. The van der Waals surface area contributed by atoms with Crippen LogP contribution in [-0.4, -0.2) is 49.9 Å². The summed E-state index contributed by atoms with van der Waals surface area (Å²) in [6.45, 7) is 1.83. The Labute approximate surface area is 177 Å². The van der Waals surface area contributed by atoms with Crippen LogP contribution in [0.4, 0.5) is 5.69 Å². The minimum atomic E-state index is -0.348. The Morgan fingerprint density at radius 3 is 2.73 bits per heavy atom. The fourth-order valence-electron chi connectivity index (χ4n) is 3.41. The summed E-state index contributed by atoms with van der Waals surface area (Å²) in [7, 11) is 1.71. The first-order valence-electron chi connectivity index (χ1n) is 10.3. The number of hydrogen-bond acceptors (Lipinski definition) is 4. The van der Waals surface area contributed by atoms with E-state index >= 15 is 0 Å². The number of benzene rings is 2. The van der Waals surface area contributed by atoms with E-state index in [-0.39, 0.29) is 24.5 Å². The van der Waals surface area contributed by atoms with Crippen LogP contribution < -0.4 is 16.0 Å². The first-order chi connectivity index (χ1) is 14.7. The molecule has 1 aliphatic rings. The number of hydrogen-bond donors (Lipinski definition) is 4. The SMILES string of the molecule is CN=C(NCc1cccc(NC(=O)C2CCCO2)c1)NCC(CO)c1ccccc1. The number of guanidine groups is 1. The molecular weight excluding hydrogens is 380 g/mol. The average molecular weight is 411 g/mol. The molecule has 0 spiro atoms. The Hall–Kier alpha value is -2.90. The molecule has 1 heterocycles. The van der Waals surface area contributed by atoms with E-state index in [4.69, 9.17) is 4.74 Å². The van der Waals surface area contributed by atoms with Gasteiger partial charge in [-0.25, -0.2) is 0 Å². The molecule has 7 nitrogen and oxygen atoms in total. The largest absolute Gasteiger partial charge is 0.396 e. The van der Waals surface area contributed by atoms with E-state index in [1.165, 1.54) is 0 Å². The van der Waals surface area contributed by atoms with Crippen LogP contribution >= 0.6 is 0 Å². The second-order valence-corrected chi connectivity index (χ2v) is 7.29. The molecule has 0 bridgehead atoms. The summed E-state index contributed by atoms with van der Waals surface area (Å²) in [5, 5.41) is 19.2. The number of aliphatic imine (C=N–C) groups is 1. The monoisotopic (exact) mass is 410 g/mol. The topological polar surface area (TPSA) is 95.0 Å². The first kappa shape index (κ1) is 21.8. The Morgan fingerprint density at radius 1 is 1.20 bits per heavy atom. The maximum Gasteiger partial charge on any atom is 0.253 e. The van der Waals surface area contributed by atoms with Gasteiger partial charge in [0, 0.05) is 38.3 Å². The molecular formula is C23H30N4O3. The molecule has 4 N–H and O–H groups in total. The van der Waals surface area contributed by atoms with Crippen molar-refractivity contribution in [1.82, 2.24) is 10.6 Å². The van der Waals surface area contributed by atoms with Gasteiger partial charge in [0.1, 0.15) is 6.10 Å². The summed E-state index contributed by atoms with van der Waals surface area (Å²) < 4.78 is 5.43. The number of nitrogens with zero attached hydrogens (tertiary/aromatic N) is 1. The standard InChI is InChI=1S/C23H30N4O3/c1-24-23(26-15-19(16-28)18-8-3-2-4-9-18)25-14-17-7-5-10-20(13-17)27-22(29)21-11-6-12-30-21/h2-5,7-10,13,19,21,28H,6,11-12,14-16H2,1H3,(H,27,29)(H2,24,25,26). The molecule has 1 fully saturated rings. The summed E-state index contributed by atoms with van der Waals surface area (Å²) in [6.07, 6.45) is 1.35. The summed E-state index contributed by atoms with van der Waals surface area (Å²) >= 11 is 0. The summed E-state index contributed by atoms with van der Waals surface area (Å²) in [6, 6.07) is 17.6. The van der Waals surface area contributed by atoms with Gasteiger partial charge in [-0.3, -0.25) is 9.79 Å². The second-order valence-electron chi connectivity index (χ2n) is 7.29. The van der Waals surface area contributed by atoms with E-state index in [0.29, 0.717) is 25.7 Å². The second kappa shape index (κ2) is 11.3. The molecule has 3 rings (SSSR count). The van der Waals surface area contributed by atoms with Crippen molar-refractivity contribution < 1.29 is 14.6 Å². The lowest BCUT2D eigenvalue weighted by molar-refractivity contribution is -0.124. The number of aliphatic hydroxyl groups is 1. The highest BCUT2D eigenvalue weighted by molar-refractivity contribution is 5.94. The molecule has 1 aliphatic heterocycles. The van der Waals surface area contributed by atoms with Crippen LogP contribution in [0.15, 0.2) is 59.6 Å². The van der Waals surface area contributed by atoms with Gasteiger partial charge in [-0.15, -0.1) is 0 Å². The zero-order valence-corrected chi connectivity index (χ0v) is 17.3. The summed E-state index contributed by atoms with van der Waals surface area (Å²) in [4.78, 5) is 16.5. The third-order valence-electron chi connectivity index (χ3n) is 5.11. The summed E-state index contributed by atoms with van der Waals surface area (Å²) in [5.41, 5.74) is 2.85. The fourth-order valence-corrected chi connectivity index (χ4v) is 3.41. The minimum Gasteiger partial charge on any atom is -0.396 e. The lowest BCUT2D eigenvalue weighted by Crippen LogP contribution is -2.39. The van der Waals surface area contributed by atoms with Crippen molar-refractivity contribution in [1.29, 1.82) is 0 Å². The van der Waals surface area contributed by atoms with Gasteiger partial charge in [-0.05, 0) is 36.1 Å². The molecule has 2 atom stereocenters. The Balaban J connectivity index is 1.50. The van der Waals surface area contributed by atoms with E-state index in [1.54, 1.807) is 7.05 Å². The number of amides is 1. The Kier molecular flexibility index (Phi) is 8.23. The predicted octanol–water partition coefficient (Wildman–Crippen LogP) is 2.25. The third-order valence-corrected chi connectivity index (χ3v) is 5.11. The van der Waals surface area contributed by atoms with Crippen molar-refractivity contribution in [3.63, 3.8) is 0 Å². The molecule has 0 aliphatic carbocycles. The van der Waals surface area contributed by atoms with Crippen LogP contribution in [0, 0.1) is 0 Å². The molecule has 0 aromatic heterocycles. The Morgan fingerprint density at radius 2 is 2.03 bits per heavy atom. The van der Waals surface area contributed by atoms with Crippen molar-refractivity contribution in [2.24, 2.45) is 4.99 Å². The number of nitrogens with one attached hydrogen (secondary N) is 3. The molecule has 1 amide bonds. The fraction of sp³-hybridized carbons (Fsp3) is 0.391. The average Bonchev–Trinajstić information content (AvgIpc) is 3.32. The smallest absolute Gasteiger partial charge is 0.253 e. The van der Waals surface area contributed by atoms with E-state index in [2.05, 4.69) is 20.9 Å². The Bertz CT molecular complexity index is 835. The van der Waals surface area contributed by atoms with Gasteiger partial charge in [-0.2, -0.15) is 0 Å². The van der Waals surface area contributed by atoms with Crippen molar-refractivity contribution in [3.05, 3.63) is 65.7 Å². The first-order valence-corrected chi connectivity index (χ1v) is 10.3. The van der Waals surface area contributed by atoms with E-state index in [9.17, 15) is 9.90 Å². The minimum absolute atomic E-state index is 0.0129. The molecule has 160 valence electrons. The van der Waals surface area contributed by atoms with Crippen molar-refractivity contribution in [3.8, 4) is 0 Å². The van der Waals surface area contributed by atoms with Gasteiger partial charge < -0.3 is 25.8 Å². The molecule has 0 saturated carbocycles. The van der Waals surface area contributed by atoms with E-state index < -0.39 is 0 Å². The molecule has 30 heavy (non-hydrogen) atoms. The van der Waals surface area contributed by atoms with Crippen molar-refractivity contribution in [2.75, 3.05) is 32.1 Å². The molecule has 1 saturated heterocycles. The maximum absolute atomic E-state index is 12.2. The zero-order valence-electron chi connectivity index (χ0n) is 17.3. The van der Waals surface area contributed by atoms with Gasteiger partial charge in [0.05, 0.1) is 6.61 Å². The number of rotatable bonds is 8. The van der Waals surface area contributed by atoms with Gasteiger partial charge in [-0.1, -0.05) is 42.5 Å². The highest BCUT2D eigenvalue weighted by Crippen LogP contribution is 2.16. The molecule has 2 unspecified atom stereocenters. The van der Waals surface area contributed by atoms with Crippen molar-refractivity contribution in [2.45, 2.75) is 31.4 Å². The van der Waals surface area contributed by atoms with Gasteiger partial charge in [0.25, 0.3) is 5.91 Å². The predicted molar refractivity (Wildman–Crippen MR) is 119 cm³/mol. The normalized spacial score (nSPS) is 17.4. The van der Waals surface area contributed by atoms with Gasteiger partial charge in [0.15, 0.2) is 5.96 Å². The maximum atomic E-state index is 12.2. The van der Waals surface area contributed by atoms with Crippen LogP contribution in [0.2, 0.25) is 0 Å². The third kappa shape index (κ3) is 6.30. The molecule has 2 aromatic rings. The highest BCUT2D eigenvalue weighted by atomic mass is 16.5.